The van der Waals surface area contributed by atoms with Gasteiger partial charge in [0.2, 0.25) is 0 Å². The van der Waals surface area contributed by atoms with Crippen LogP contribution in [0.4, 0.5) is 14.6 Å². The second-order valence-corrected chi connectivity index (χ2v) is 8.25. The van der Waals surface area contributed by atoms with Gasteiger partial charge in [-0.05, 0) is 49.1 Å². The minimum atomic E-state index is -1.09. The molecule has 32 heavy (non-hydrogen) atoms. The van der Waals surface area contributed by atoms with Crippen molar-refractivity contribution in [1.29, 1.82) is 0 Å². The zero-order valence-corrected chi connectivity index (χ0v) is 18.2. The van der Waals surface area contributed by atoms with Gasteiger partial charge in [0.05, 0.1) is 16.6 Å². The van der Waals surface area contributed by atoms with Gasteiger partial charge in [0.25, 0.3) is 5.91 Å². The minimum Gasteiger partial charge on any atom is -0.368 e. The lowest BCUT2D eigenvalue weighted by atomic mass is 9.89. The molecule has 1 saturated heterocycles. The number of carbonyl (C=O) groups is 1. The molecule has 0 bridgehead atoms. The van der Waals surface area contributed by atoms with Crippen molar-refractivity contribution in [3.8, 4) is 11.4 Å². The molecule has 1 amide bonds. The van der Waals surface area contributed by atoms with Gasteiger partial charge >= 0.3 is 0 Å². The Morgan fingerprint density at radius 2 is 1.94 bits per heavy atom. The predicted molar refractivity (Wildman–Crippen MR) is 118 cm³/mol. The molecule has 3 heterocycles. The van der Waals surface area contributed by atoms with Crippen LogP contribution in [0.5, 0.6) is 0 Å². The molecule has 0 saturated carbocycles. The first-order valence-electron chi connectivity index (χ1n) is 10.4. The molecule has 2 aromatic heterocycles. The maximum atomic E-state index is 14.2. The van der Waals surface area contributed by atoms with Crippen LogP contribution in [-0.4, -0.2) is 44.9 Å². The number of anilines is 1. The minimum absolute atomic E-state index is 0.0406. The monoisotopic (exact) mass is 457 g/mol. The fraction of sp³-hybridized carbons (Fsp3) is 0.304. The molecule has 1 unspecified atom stereocenters. The van der Waals surface area contributed by atoms with Gasteiger partial charge in [0, 0.05) is 37.2 Å². The molecule has 4 rings (SSSR count). The van der Waals surface area contributed by atoms with Crippen LogP contribution >= 0.6 is 11.6 Å². The smallest absolute Gasteiger partial charge is 0.255 e. The molecule has 1 fully saturated rings. The first-order valence-corrected chi connectivity index (χ1v) is 10.7. The van der Waals surface area contributed by atoms with Crippen LogP contribution in [0.25, 0.3) is 11.4 Å². The average Bonchev–Trinajstić information content (AvgIpc) is 2.81. The SMILES string of the molecule is C[C@@H]1CCCN(C(=O)c2cc(F)c(F)cc2-c2ncccn2)C1CNc1ccc(Cl)cn1. The van der Waals surface area contributed by atoms with Crippen LogP contribution in [0.3, 0.4) is 0 Å². The highest BCUT2D eigenvalue weighted by Crippen LogP contribution is 2.30. The van der Waals surface area contributed by atoms with E-state index >= 15 is 0 Å². The molecule has 0 aliphatic carbocycles. The number of aromatic nitrogens is 3. The van der Waals surface area contributed by atoms with Crippen molar-refractivity contribution in [2.45, 2.75) is 25.8 Å². The first kappa shape index (κ1) is 22.1. The number of pyridine rings is 1. The zero-order valence-electron chi connectivity index (χ0n) is 17.4. The molecule has 3 aromatic rings. The topological polar surface area (TPSA) is 71.0 Å². The van der Waals surface area contributed by atoms with Gasteiger partial charge < -0.3 is 10.2 Å². The molecular weight excluding hydrogens is 436 g/mol. The summed E-state index contributed by atoms with van der Waals surface area (Å²) in [5, 5.41) is 3.79. The van der Waals surface area contributed by atoms with E-state index in [1.165, 1.54) is 12.4 Å². The van der Waals surface area contributed by atoms with Crippen molar-refractivity contribution in [2.24, 2.45) is 5.92 Å². The molecule has 6 nitrogen and oxygen atoms in total. The zero-order chi connectivity index (χ0) is 22.7. The van der Waals surface area contributed by atoms with E-state index in [-0.39, 0.29) is 34.8 Å². The highest BCUT2D eigenvalue weighted by atomic mass is 35.5. The fourth-order valence-corrected chi connectivity index (χ4v) is 4.12. The van der Waals surface area contributed by atoms with Crippen molar-refractivity contribution < 1.29 is 13.6 Å². The highest BCUT2D eigenvalue weighted by Gasteiger charge is 2.34. The van der Waals surface area contributed by atoms with Crippen LogP contribution in [-0.2, 0) is 0 Å². The molecular formula is C23H22ClF2N5O. The largest absolute Gasteiger partial charge is 0.368 e. The van der Waals surface area contributed by atoms with Crippen LogP contribution in [0.2, 0.25) is 5.02 Å². The van der Waals surface area contributed by atoms with E-state index in [2.05, 4.69) is 27.2 Å². The molecule has 9 heteroatoms. The standard InChI is InChI=1S/C23H22ClF2N5O/c1-14-4-2-9-31(20(14)13-30-21-6-5-15(24)12-29-21)23(32)17-11-19(26)18(25)10-16(17)22-27-7-3-8-28-22/h3,5-8,10-12,14,20H,2,4,9,13H2,1H3,(H,29,30)/t14-,20?/m1/s1. The van der Waals surface area contributed by atoms with Crippen LogP contribution in [0.15, 0.2) is 48.9 Å². The summed E-state index contributed by atoms with van der Waals surface area (Å²) in [6.45, 7) is 3.05. The second-order valence-electron chi connectivity index (χ2n) is 7.81. The van der Waals surface area contributed by atoms with Gasteiger partial charge in [-0.1, -0.05) is 18.5 Å². The number of nitrogens with one attached hydrogen (secondary N) is 1. The number of carbonyl (C=O) groups excluding carboxylic acids is 1. The van der Waals surface area contributed by atoms with Crippen LogP contribution in [0, 0.1) is 17.6 Å². The van der Waals surface area contributed by atoms with Crippen molar-refractivity contribution in [2.75, 3.05) is 18.4 Å². The first-order chi connectivity index (χ1) is 15.4. The number of rotatable bonds is 5. The average molecular weight is 458 g/mol. The molecule has 2 atom stereocenters. The van der Waals surface area contributed by atoms with E-state index in [1.807, 2.05) is 0 Å². The Morgan fingerprint density at radius 1 is 1.19 bits per heavy atom. The number of piperidine rings is 1. The third-order valence-electron chi connectivity index (χ3n) is 5.69. The molecule has 166 valence electrons. The molecule has 1 N–H and O–H groups in total. The summed E-state index contributed by atoms with van der Waals surface area (Å²) >= 11 is 5.89. The Balaban J connectivity index is 1.64. The summed E-state index contributed by atoms with van der Waals surface area (Å²) in [4.78, 5) is 27.8. The van der Waals surface area contributed by atoms with Gasteiger partial charge in [-0.2, -0.15) is 0 Å². The Kier molecular flexibility index (Phi) is 6.60. The van der Waals surface area contributed by atoms with Gasteiger partial charge in [0.1, 0.15) is 5.82 Å². The number of likely N-dealkylation sites (tertiary alicyclic amines) is 1. The predicted octanol–water partition coefficient (Wildman–Crippen LogP) is 4.82. The van der Waals surface area contributed by atoms with Crippen molar-refractivity contribution >= 4 is 23.3 Å². The summed E-state index contributed by atoms with van der Waals surface area (Å²) in [6.07, 6.45) is 6.31. The summed E-state index contributed by atoms with van der Waals surface area (Å²) in [7, 11) is 0. The van der Waals surface area contributed by atoms with Gasteiger partial charge in [0.15, 0.2) is 17.5 Å². The molecule has 0 radical (unpaired) electrons. The molecule has 0 spiro atoms. The summed E-state index contributed by atoms with van der Waals surface area (Å²) in [5.74, 6) is -1.50. The van der Waals surface area contributed by atoms with E-state index in [4.69, 9.17) is 11.6 Å². The maximum Gasteiger partial charge on any atom is 0.255 e. The number of hydrogen-bond acceptors (Lipinski definition) is 5. The summed E-state index contributed by atoms with van der Waals surface area (Å²) in [6, 6.07) is 6.87. The lowest BCUT2D eigenvalue weighted by molar-refractivity contribution is 0.0540. The number of hydrogen-bond donors (Lipinski definition) is 1. The Bertz CT molecular complexity index is 1100. The van der Waals surface area contributed by atoms with Crippen LogP contribution < -0.4 is 5.32 Å². The van der Waals surface area contributed by atoms with Crippen molar-refractivity contribution in [1.82, 2.24) is 19.9 Å². The quantitative estimate of drug-likeness (QED) is 0.594. The normalized spacial score (nSPS) is 18.4. The number of halogens is 3. The fourth-order valence-electron chi connectivity index (χ4n) is 4.00. The molecule has 1 aliphatic heterocycles. The van der Waals surface area contributed by atoms with E-state index < -0.39 is 11.6 Å². The Morgan fingerprint density at radius 3 is 2.66 bits per heavy atom. The Labute approximate surface area is 189 Å². The number of amides is 1. The van der Waals surface area contributed by atoms with Gasteiger partial charge in [-0.15, -0.1) is 0 Å². The lowest BCUT2D eigenvalue weighted by Gasteiger charge is -2.40. The highest BCUT2D eigenvalue weighted by molar-refractivity contribution is 6.30. The van der Waals surface area contributed by atoms with Crippen molar-refractivity contribution in [3.05, 3.63) is 71.1 Å². The summed E-state index contributed by atoms with van der Waals surface area (Å²) < 4.78 is 28.2. The Hall–Kier alpha value is -3.13. The van der Waals surface area contributed by atoms with E-state index in [0.29, 0.717) is 23.9 Å². The number of nitrogens with zero attached hydrogens (tertiary/aromatic N) is 4. The maximum absolute atomic E-state index is 14.2. The molecule has 1 aliphatic rings. The second kappa shape index (κ2) is 9.56. The van der Waals surface area contributed by atoms with Crippen molar-refractivity contribution in [3.63, 3.8) is 0 Å². The van der Waals surface area contributed by atoms with E-state index in [9.17, 15) is 13.6 Å². The third-order valence-corrected chi connectivity index (χ3v) is 5.92. The van der Waals surface area contributed by atoms with Gasteiger partial charge in [-0.3, -0.25) is 4.79 Å². The van der Waals surface area contributed by atoms with E-state index in [0.717, 1.165) is 25.0 Å². The van der Waals surface area contributed by atoms with Gasteiger partial charge in [-0.25, -0.2) is 23.7 Å². The molecule has 1 aromatic carbocycles. The number of benzene rings is 1. The van der Waals surface area contributed by atoms with Crippen LogP contribution in [0.1, 0.15) is 30.1 Å². The van der Waals surface area contributed by atoms with E-state index in [1.54, 1.807) is 29.3 Å². The third kappa shape index (κ3) is 4.70. The summed E-state index contributed by atoms with van der Waals surface area (Å²) in [5.41, 5.74) is 0.206. The lowest BCUT2D eigenvalue weighted by Crippen LogP contribution is -2.51.